The zero-order chi connectivity index (χ0) is 25.0. The van der Waals surface area contributed by atoms with Crippen molar-refractivity contribution in [2.45, 2.75) is 32.8 Å². The Hall–Kier alpha value is -3.73. The molecule has 2 unspecified atom stereocenters. The summed E-state index contributed by atoms with van der Waals surface area (Å²) in [5.74, 6) is -1.22. The summed E-state index contributed by atoms with van der Waals surface area (Å²) >= 11 is 5.96. The van der Waals surface area contributed by atoms with Crippen molar-refractivity contribution in [3.8, 4) is 0 Å². The lowest BCUT2D eigenvalue weighted by Crippen LogP contribution is -2.34. The number of amides is 1. The van der Waals surface area contributed by atoms with E-state index in [0.29, 0.717) is 24.7 Å². The van der Waals surface area contributed by atoms with Gasteiger partial charge in [0.15, 0.2) is 6.10 Å². The van der Waals surface area contributed by atoms with Crippen molar-refractivity contribution in [1.82, 2.24) is 0 Å². The number of esters is 1. The largest absolute Gasteiger partial charge is 0.449 e. The lowest BCUT2D eigenvalue weighted by atomic mass is 9.99. The van der Waals surface area contributed by atoms with Gasteiger partial charge in [0.25, 0.3) is 17.3 Å². The molecule has 1 N–H and O–H groups in total. The molecule has 0 bridgehead atoms. The number of piperidine rings is 1. The minimum atomic E-state index is -1.26. The van der Waals surface area contributed by atoms with Crippen LogP contribution in [-0.2, 0) is 9.53 Å². The van der Waals surface area contributed by atoms with Gasteiger partial charge < -0.3 is 15.0 Å². The van der Waals surface area contributed by atoms with E-state index in [-0.39, 0.29) is 27.6 Å². The maximum Gasteiger partial charge on any atom is 0.339 e. The van der Waals surface area contributed by atoms with Crippen LogP contribution in [0.15, 0.2) is 36.4 Å². The number of halogens is 1. The number of nitrogens with zero attached hydrogens (tertiary/aromatic N) is 3. The minimum Gasteiger partial charge on any atom is -0.449 e. The van der Waals surface area contributed by atoms with Crippen molar-refractivity contribution in [1.29, 1.82) is 0 Å². The Morgan fingerprint density at radius 1 is 1.18 bits per heavy atom. The summed E-state index contributed by atoms with van der Waals surface area (Å²) in [4.78, 5) is 48.2. The fraction of sp³-hybridized carbons (Fsp3) is 0.364. The van der Waals surface area contributed by atoms with E-state index in [9.17, 15) is 29.8 Å². The molecule has 3 rings (SSSR count). The molecule has 1 aliphatic heterocycles. The Kier molecular flexibility index (Phi) is 7.67. The Morgan fingerprint density at radius 3 is 2.53 bits per heavy atom. The third-order valence-corrected chi connectivity index (χ3v) is 5.79. The fourth-order valence-electron chi connectivity index (χ4n) is 3.71. The van der Waals surface area contributed by atoms with Gasteiger partial charge in [-0.15, -0.1) is 0 Å². The number of ether oxygens (including phenoxy) is 1. The molecule has 2 aromatic carbocycles. The number of nitrogens with one attached hydrogen (secondary N) is 1. The van der Waals surface area contributed by atoms with E-state index in [0.717, 1.165) is 25.0 Å². The summed E-state index contributed by atoms with van der Waals surface area (Å²) in [7, 11) is 0. The molecule has 0 radical (unpaired) electrons. The highest BCUT2D eigenvalue weighted by Crippen LogP contribution is 2.33. The monoisotopic (exact) mass is 490 g/mol. The molecule has 180 valence electrons. The summed E-state index contributed by atoms with van der Waals surface area (Å²) in [6, 6.07) is 7.61. The van der Waals surface area contributed by atoms with Crippen molar-refractivity contribution in [2.24, 2.45) is 5.92 Å². The number of nitro benzene ring substituents is 2. The zero-order valence-electron chi connectivity index (χ0n) is 18.5. The maximum absolute atomic E-state index is 12.6. The Bertz CT molecular complexity index is 1140. The number of hydrogen-bond donors (Lipinski definition) is 1. The molecule has 34 heavy (non-hydrogen) atoms. The quantitative estimate of drug-likeness (QED) is 0.337. The zero-order valence-corrected chi connectivity index (χ0v) is 19.3. The first-order valence-electron chi connectivity index (χ1n) is 10.6. The summed E-state index contributed by atoms with van der Waals surface area (Å²) in [6.45, 7) is 4.79. The van der Waals surface area contributed by atoms with Crippen LogP contribution in [0.3, 0.4) is 0 Å². The van der Waals surface area contributed by atoms with E-state index < -0.39 is 27.8 Å². The Morgan fingerprint density at radius 2 is 1.91 bits per heavy atom. The van der Waals surface area contributed by atoms with Crippen molar-refractivity contribution >= 4 is 46.2 Å². The number of anilines is 2. The molecule has 0 spiro atoms. The van der Waals surface area contributed by atoms with Crippen LogP contribution in [0, 0.1) is 26.1 Å². The summed E-state index contributed by atoms with van der Waals surface area (Å²) in [5, 5.41) is 24.8. The minimum absolute atomic E-state index is 0.0562. The summed E-state index contributed by atoms with van der Waals surface area (Å²) in [5.41, 5.74) is 0.0287. The molecule has 0 saturated carbocycles. The molecule has 1 aliphatic rings. The van der Waals surface area contributed by atoms with Gasteiger partial charge in [-0.25, -0.2) is 4.79 Å². The molecule has 12 heteroatoms. The van der Waals surface area contributed by atoms with Gasteiger partial charge in [0.2, 0.25) is 0 Å². The van der Waals surface area contributed by atoms with Crippen LogP contribution in [0.4, 0.5) is 22.7 Å². The first-order valence-corrected chi connectivity index (χ1v) is 10.9. The van der Waals surface area contributed by atoms with E-state index in [1.54, 1.807) is 0 Å². The average Bonchev–Trinajstić information content (AvgIpc) is 2.79. The van der Waals surface area contributed by atoms with Gasteiger partial charge >= 0.3 is 5.97 Å². The average molecular weight is 491 g/mol. The van der Waals surface area contributed by atoms with Gasteiger partial charge in [-0.3, -0.25) is 25.0 Å². The van der Waals surface area contributed by atoms with E-state index in [4.69, 9.17) is 16.3 Å². The molecule has 1 saturated heterocycles. The highest BCUT2D eigenvalue weighted by Gasteiger charge is 2.27. The SMILES string of the molecule is CC1CCCN(c2ccc(C(=O)OC(C)C(=O)Nc3ccc([N+](=O)[O-])cc3Cl)cc2[N+](=O)[O-])C1. The molecule has 0 aromatic heterocycles. The third-order valence-electron chi connectivity index (χ3n) is 5.48. The smallest absolute Gasteiger partial charge is 0.339 e. The molecule has 0 aliphatic carbocycles. The first-order chi connectivity index (χ1) is 16.1. The molecule has 2 atom stereocenters. The van der Waals surface area contributed by atoms with E-state index >= 15 is 0 Å². The van der Waals surface area contributed by atoms with Crippen LogP contribution >= 0.6 is 11.6 Å². The normalized spacial score (nSPS) is 16.4. The first kappa shape index (κ1) is 24.9. The molecular formula is C22H23ClN4O7. The highest BCUT2D eigenvalue weighted by atomic mass is 35.5. The van der Waals surface area contributed by atoms with Crippen LogP contribution in [0.1, 0.15) is 37.0 Å². The molecule has 1 amide bonds. The predicted molar refractivity (Wildman–Crippen MR) is 125 cm³/mol. The molecule has 2 aromatic rings. The van der Waals surface area contributed by atoms with Gasteiger partial charge in [0.05, 0.1) is 26.1 Å². The summed E-state index contributed by atoms with van der Waals surface area (Å²) in [6.07, 6.45) is 0.716. The van der Waals surface area contributed by atoms with Crippen molar-refractivity contribution in [3.63, 3.8) is 0 Å². The van der Waals surface area contributed by atoms with Crippen LogP contribution in [0.5, 0.6) is 0 Å². The Labute approximate surface area is 199 Å². The number of carbonyl (C=O) groups is 2. The summed E-state index contributed by atoms with van der Waals surface area (Å²) < 4.78 is 5.17. The van der Waals surface area contributed by atoms with Crippen LogP contribution in [0.25, 0.3) is 0 Å². The van der Waals surface area contributed by atoms with Crippen molar-refractivity contribution < 1.29 is 24.2 Å². The number of rotatable bonds is 7. The van der Waals surface area contributed by atoms with Gasteiger partial charge in [-0.2, -0.15) is 0 Å². The molecular weight excluding hydrogens is 468 g/mol. The second-order valence-corrected chi connectivity index (χ2v) is 8.52. The topological polar surface area (TPSA) is 145 Å². The third kappa shape index (κ3) is 5.79. The lowest BCUT2D eigenvalue weighted by molar-refractivity contribution is -0.384. The second kappa shape index (κ2) is 10.5. The van der Waals surface area contributed by atoms with Crippen LogP contribution in [0.2, 0.25) is 5.02 Å². The van der Waals surface area contributed by atoms with E-state index in [2.05, 4.69) is 12.2 Å². The van der Waals surface area contributed by atoms with E-state index in [1.807, 2.05) is 4.90 Å². The second-order valence-electron chi connectivity index (χ2n) is 8.11. The number of hydrogen-bond acceptors (Lipinski definition) is 8. The van der Waals surface area contributed by atoms with Crippen molar-refractivity contribution in [2.75, 3.05) is 23.3 Å². The molecule has 11 nitrogen and oxygen atoms in total. The van der Waals surface area contributed by atoms with Crippen LogP contribution in [-0.4, -0.2) is 40.9 Å². The van der Waals surface area contributed by atoms with Crippen LogP contribution < -0.4 is 10.2 Å². The predicted octanol–water partition coefficient (Wildman–Crippen LogP) is 4.58. The number of carbonyl (C=O) groups excluding carboxylic acids is 2. The molecule has 1 heterocycles. The standard InChI is InChI=1S/C22H23ClN4O7/c1-13-4-3-9-25(12-13)19-8-5-15(10-20(19)27(32)33)22(29)34-14(2)21(28)24-18-7-6-16(26(30)31)11-17(18)23/h5-8,10-11,13-14H,3-4,9,12H2,1-2H3,(H,24,28). The van der Waals surface area contributed by atoms with Gasteiger partial charge in [0, 0.05) is 31.3 Å². The van der Waals surface area contributed by atoms with Crippen molar-refractivity contribution in [3.05, 3.63) is 67.2 Å². The van der Waals surface area contributed by atoms with E-state index in [1.165, 1.54) is 31.2 Å². The Balaban J connectivity index is 1.70. The van der Waals surface area contributed by atoms with Gasteiger partial charge in [-0.05, 0) is 43.9 Å². The highest BCUT2D eigenvalue weighted by molar-refractivity contribution is 6.34. The maximum atomic E-state index is 12.6. The van der Waals surface area contributed by atoms with Gasteiger partial charge in [-0.1, -0.05) is 18.5 Å². The lowest BCUT2D eigenvalue weighted by Gasteiger charge is -2.32. The molecule has 1 fully saturated rings. The number of nitro groups is 2. The number of non-ortho nitro benzene ring substituents is 1. The van der Waals surface area contributed by atoms with Gasteiger partial charge in [0.1, 0.15) is 5.69 Å². The number of benzene rings is 2. The fourth-order valence-corrected chi connectivity index (χ4v) is 3.93.